The fourth-order valence-corrected chi connectivity index (χ4v) is 2.43. The number of piperidine rings is 1. The molecule has 0 aliphatic carbocycles. The van der Waals surface area contributed by atoms with Crippen LogP contribution in [0, 0.1) is 0 Å². The normalized spacial score (nSPS) is 20.6. The molecule has 1 heterocycles. The average Bonchev–Trinajstić information content (AvgIpc) is 2.45. The SMILES string of the molecule is COC(C(=O)NC1CCC(=O)N(C)C1)c1ccccc1. The second-order valence-corrected chi connectivity index (χ2v) is 5.04. The van der Waals surface area contributed by atoms with Crippen LogP contribution in [0.1, 0.15) is 24.5 Å². The maximum Gasteiger partial charge on any atom is 0.254 e. The van der Waals surface area contributed by atoms with Gasteiger partial charge in [-0.15, -0.1) is 0 Å². The van der Waals surface area contributed by atoms with Crippen molar-refractivity contribution >= 4 is 11.8 Å². The highest BCUT2D eigenvalue weighted by Crippen LogP contribution is 2.18. The van der Waals surface area contributed by atoms with E-state index in [0.717, 1.165) is 5.56 Å². The van der Waals surface area contributed by atoms with Gasteiger partial charge in [-0.05, 0) is 12.0 Å². The number of hydrogen-bond donors (Lipinski definition) is 1. The van der Waals surface area contributed by atoms with Crippen LogP contribution >= 0.6 is 0 Å². The molecular weight excluding hydrogens is 256 g/mol. The molecule has 1 aliphatic heterocycles. The molecule has 0 saturated carbocycles. The Kier molecular flexibility index (Phi) is 4.74. The first-order valence-electron chi connectivity index (χ1n) is 6.74. The Morgan fingerprint density at radius 1 is 1.40 bits per heavy atom. The maximum absolute atomic E-state index is 12.3. The van der Waals surface area contributed by atoms with Crippen molar-refractivity contribution in [3.05, 3.63) is 35.9 Å². The van der Waals surface area contributed by atoms with Crippen LogP contribution < -0.4 is 5.32 Å². The molecule has 2 amide bonds. The van der Waals surface area contributed by atoms with Crippen LogP contribution in [-0.2, 0) is 14.3 Å². The van der Waals surface area contributed by atoms with E-state index < -0.39 is 6.10 Å². The maximum atomic E-state index is 12.3. The number of nitrogens with zero attached hydrogens (tertiary/aromatic N) is 1. The van der Waals surface area contributed by atoms with E-state index in [-0.39, 0.29) is 17.9 Å². The van der Waals surface area contributed by atoms with Crippen molar-refractivity contribution in [3.63, 3.8) is 0 Å². The van der Waals surface area contributed by atoms with E-state index in [1.807, 2.05) is 30.3 Å². The van der Waals surface area contributed by atoms with Gasteiger partial charge < -0.3 is 15.0 Å². The van der Waals surface area contributed by atoms with Gasteiger partial charge in [-0.3, -0.25) is 9.59 Å². The van der Waals surface area contributed by atoms with Crippen LogP contribution in [0.5, 0.6) is 0 Å². The van der Waals surface area contributed by atoms with Gasteiger partial charge in [0.2, 0.25) is 5.91 Å². The number of carbonyl (C=O) groups excluding carboxylic acids is 2. The van der Waals surface area contributed by atoms with Crippen LogP contribution in [0.15, 0.2) is 30.3 Å². The molecule has 108 valence electrons. The predicted molar refractivity (Wildman–Crippen MR) is 75.0 cm³/mol. The molecule has 2 rings (SSSR count). The largest absolute Gasteiger partial charge is 0.367 e. The summed E-state index contributed by atoms with van der Waals surface area (Å²) in [7, 11) is 3.28. The van der Waals surface area contributed by atoms with E-state index in [9.17, 15) is 9.59 Å². The Labute approximate surface area is 118 Å². The first kappa shape index (κ1) is 14.5. The van der Waals surface area contributed by atoms with Crippen molar-refractivity contribution in [1.29, 1.82) is 0 Å². The third-order valence-electron chi connectivity index (χ3n) is 3.55. The van der Waals surface area contributed by atoms with E-state index >= 15 is 0 Å². The summed E-state index contributed by atoms with van der Waals surface area (Å²) in [4.78, 5) is 25.4. The van der Waals surface area contributed by atoms with Gasteiger partial charge in [0, 0.05) is 33.2 Å². The Morgan fingerprint density at radius 2 is 2.10 bits per heavy atom. The number of nitrogens with one attached hydrogen (secondary N) is 1. The summed E-state index contributed by atoms with van der Waals surface area (Å²) >= 11 is 0. The molecule has 0 spiro atoms. The highest BCUT2D eigenvalue weighted by Gasteiger charge is 2.27. The molecule has 2 atom stereocenters. The summed E-state index contributed by atoms with van der Waals surface area (Å²) in [6.45, 7) is 0.551. The predicted octanol–water partition coefficient (Wildman–Crippen LogP) is 1.11. The Bertz CT molecular complexity index is 475. The zero-order valence-electron chi connectivity index (χ0n) is 11.8. The molecule has 1 aliphatic rings. The van der Waals surface area contributed by atoms with Crippen molar-refractivity contribution in [1.82, 2.24) is 10.2 Å². The fourth-order valence-electron chi connectivity index (χ4n) is 2.43. The third-order valence-corrected chi connectivity index (χ3v) is 3.55. The number of likely N-dealkylation sites (N-methyl/N-ethyl adjacent to an activating group) is 1. The average molecular weight is 276 g/mol. The number of benzene rings is 1. The van der Waals surface area contributed by atoms with Crippen molar-refractivity contribution in [2.24, 2.45) is 0 Å². The highest BCUT2D eigenvalue weighted by molar-refractivity contribution is 5.83. The number of rotatable bonds is 4. The molecule has 0 aromatic heterocycles. The minimum atomic E-state index is -0.612. The minimum Gasteiger partial charge on any atom is -0.367 e. The van der Waals surface area contributed by atoms with E-state index in [1.54, 1.807) is 11.9 Å². The molecule has 1 aromatic carbocycles. The Morgan fingerprint density at radius 3 is 2.70 bits per heavy atom. The quantitative estimate of drug-likeness (QED) is 0.896. The van der Waals surface area contributed by atoms with E-state index in [2.05, 4.69) is 5.32 Å². The van der Waals surface area contributed by atoms with E-state index in [1.165, 1.54) is 7.11 Å². The number of likely N-dealkylation sites (tertiary alicyclic amines) is 1. The second kappa shape index (κ2) is 6.52. The van der Waals surface area contributed by atoms with Crippen molar-refractivity contribution in [3.8, 4) is 0 Å². The monoisotopic (exact) mass is 276 g/mol. The molecule has 5 nitrogen and oxygen atoms in total. The van der Waals surface area contributed by atoms with Crippen LogP contribution in [0.2, 0.25) is 0 Å². The van der Waals surface area contributed by atoms with Crippen LogP contribution in [-0.4, -0.2) is 43.5 Å². The van der Waals surface area contributed by atoms with Gasteiger partial charge >= 0.3 is 0 Å². The molecule has 1 aromatic rings. The van der Waals surface area contributed by atoms with E-state index in [0.29, 0.717) is 19.4 Å². The molecular formula is C15H20N2O3. The number of methoxy groups -OCH3 is 1. The second-order valence-electron chi connectivity index (χ2n) is 5.04. The topological polar surface area (TPSA) is 58.6 Å². The summed E-state index contributed by atoms with van der Waals surface area (Å²) in [5.41, 5.74) is 0.827. The van der Waals surface area contributed by atoms with Crippen molar-refractivity contribution < 1.29 is 14.3 Å². The van der Waals surface area contributed by atoms with Gasteiger partial charge in [-0.2, -0.15) is 0 Å². The van der Waals surface area contributed by atoms with Crippen molar-refractivity contribution in [2.75, 3.05) is 20.7 Å². The third kappa shape index (κ3) is 3.36. The zero-order chi connectivity index (χ0) is 14.5. The molecule has 1 N–H and O–H groups in total. The lowest BCUT2D eigenvalue weighted by Crippen LogP contribution is -2.49. The lowest BCUT2D eigenvalue weighted by Gasteiger charge is -2.31. The molecule has 2 unspecified atom stereocenters. The fraction of sp³-hybridized carbons (Fsp3) is 0.467. The zero-order valence-corrected chi connectivity index (χ0v) is 11.8. The van der Waals surface area contributed by atoms with Crippen molar-refractivity contribution in [2.45, 2.75) is 25.0 Å². The lowest BCUT2D eigenvalue weighted by atomic mass is 10.0. The summed E-state index contributed by atoms with van der Waals surface area (Å²) in [6.07, 6.45) is 0.545. The van der Waals surface area contributed by atoms with Gasteiger partial charge in [0.15, 0.2) is 6.10 Å². The standard InChI is InChI=1S/C15H20N2O3/c1-17-10-12(8-9-13(17)18)16-15(19)14(20-2)11-6-4-3-5-7-11/h3-7,12,14H,8-10H2,1-2H3,(H,16,19). The highest BCUT2D eigenvalue weighted by atomic mass is 16.5. The Hall–Kier alpha value is -1.88. The van der Waals surface area contributed by atoms with Crippen LogP contribution in [0.25, 0.3) is 0 Å². The van der Waals surface area contributed by atoms with E-state index in [4.69, 9.17) is 4.74 Å². The van der Waals surface area contributed by atoms with Gasteiger partial charge in [0.05, 0.1) is 0 Å². The van der Waals surface area contributed by atoms with Crippen LogP contribution in [0.4, 0.5) is 0 Å². The van der Waals surface area contributed by atoms with Gasteiger partial charge in [-0.25, -0.2) is 0 Å². The minimum absolute atomic E-state index is 0.00781. The number of ether oxygens (including phenoxy) is 1. The first-order chi connectivity index (χ1) is 9.61. The first-order valence-corrected chi connectivity index (χ1v) is 6.74. The molecule has 0 bridgehead atoms. The number of amides is 2. The molecule has 1 fully saturated rings. The number of carbonyl (C=O) groups is 2. The van der Waals surface area contributed by atoms with Gasteiger partial charge in [-0.1, -0.05) is 30.3 Å². The molecule has 5 heteroatoms. The molecule has 0 radical (unpaired) electrons. The summed E-state index contributed by atoms with van der Waals surface area (Å²) in [6, 6.07) is 9.37. The summed E-state index contributed by atoms with van der Waals surface area (Å²) < 4.78 is 5.30. The van der Waals surface area contributed by atoms with Gasteiger partial charge in [0.25, 0.3) is 5.91 Å². The lowest BCUT2D eigenvalue weighted by molar-refractivity contribution is -0.136. The summed E-state index contributed by atoms with van der Waals surface area (Å²) in [5, 5.41) is 2.96. The summed E-state index contributed by atoms with van der Waals surface area (Å²) in [5.74, 6) is -0.0340. The molecule has 1 saturated heterocycles. The Balaban J connectivity index is 1.98. The van der Waals surface area contributed by atoms with Gasteiger partial charge in [0.1, 0.15) is 0 Å². The smallest absolute Gasteiger partial charge is 0.254 e. The van der Waals surface area contributed by atoms with Crippen LogP contribution in [0.3, 0.4) is 0 Å². The number of hydrogen-bond acceptors (Lipinski definition) is 3. The molecule has 20 heavy (non-hydrogen) atoms.